The minimum absolute atomic E-state index is 0.0806. The van der Waals surface area contributed by atoms with Gasteiger partial charge in [-0.2, -0.15) is 0 Å². The van der Waals surface area contributed by atoms with Crippen molar-refractivity contribution in [1.29, 1.82) is 0 Å². The van der Waals surface area contributed by atoms with E-state index in [-0.39, 0.29) is 6.04 Å². The highest BCUT2D eigenvalue weighted by molar-refractivity contribution is 5.46. The third-order valence-corrected chi connectivity index (χ3v) is 2.70. The first-order valence-electron chi connectivity index (χ1n) is 5.50. The van der Waals surface area contributed by atoms with Crippen molar-refractivity contribution in [2.45, 2.75) is 46.1 Å². The Bertz CT molecular complexity index is 343. The number of hydrogen-bond acceptors (Lipinski definition) is 2. The predicted molar refractivity (Wildman–Crippen MR) is 64.3 cm³/mol. The monoisotopic (exact) mass is 207 g/mol. The van der Waals surface area contributed by atoms with Gasteiger partial charge in [-0.15, -0.1) is 0 Å². The lowest BCUT2D eigenvalue weighted by molar-refractivity contribution is 0.454. The smallest absolute Gasteiger partial charge is 0.122 e. The Hall–Kier alpha value is -1.02. The molecule has 2 nitrogen and oxygen atoms in total. The Morgan fingerprint density at radius 3 is 2.33 bits per heavy atom. The molecule has 0 amide bonds. The van der Waals surface area contributed by atoms with Gasteiger partial charge in [-0.3, -0.25) is 0 Å². The molecule has 0 saturated carbocycles. The maximum Gasteiger partial charge on any atom is 0.122 e. The standard InChI is InChI=1S/C13H21NO/c1-8(2)11-6-5-9(3)12(13(11)15)7-10(4)14/h5-6,8,10,15H,7,14H2,1-4H3. The first-order chi connectivity index (χ1) is 6.93. The highest BCUT2D eigenvalue weighted by Gasteiger charge is 2.13. The number of nitrogens with two attached hydrogens (primary N) is 1. The van der Waals surface area contributed by atoms with Crippen LogP contribution in [0.15, 0.2) is 12.1 Å². The van der Waals surface area contributed by atoms with Crippen LogP contribution in [0.3, 0.4) is 0 Å². The van der Waals surface area contributed by atoms with E-state index in [4.69, 9.17) is 5.73 Å². The maximum atomic E-state index is 10.1. The largest absolute Gasteiger partial charge is 0.507 e. The zero-order valence-corrected chi connectivity index (χ0v) is 10.0. The fourth-order valence-corrected chi connectivity index (χ4v) is 1.80. The second-order valence-corrected chi connectivity index (χ2v) is 4.63. The SMILES string of the molecule is Cc1ccc(C(C)C)c(O)c1CC(C)N. The van der Waals surface area contributed by atoms with Crippen LogP contribution in [0.1, 0.15) is 43.4 Å². The average molecular weight is 207 g/mol. The molecule has 0 spiro atoms. The fraction of sp³-hybridized carbons (Fsp3) is 0.538. The van der Waals surface area contributed by atoms with Gasteiger partial charge in [-0.25, -0.2) is 0 Å². The lowest BCUT2D eigenvalue weighted by Gasteiger charge is -2.16. The molecule has 0 aromatic heterocycles. The van der Waals surface area contributed by atoms with Gasteiger partial charge in [-0.05, 0) is 42.9 Å². The molecule has 0 heterocycles. The zero-order valence-electron chi connectivity index (χ0n) is 10.0. The first-order valence-corrected chi connectivity index (χ1v) is 5.50. The van der Waals surface area contributed by atoms with Crippen molar-refractivity contribution in [1.82, 2.24) is 0 Å². The molecular weight excluding hydrogens is 186 g/mol. The first kappa shape index (κ1) is 12.1. The van der Waals surface area contributed by atoms with E-state index in [0.29, 0.717) is 11.7 Å². The number of aryl methyl sites for hydroxylation is 1. The summed E-state index contributed by atoms with van der Waals surface area (Å²) in [6.07, 6.45) is 0.734. The molecule has 1 atom stereocenters. The van der Waals surface area contributed by atoms with Gasteiger partial charge in [0, 0.05) is 6.04 Å². The van der Waals surface area contributed by atoms with Crippen LogP contribution in [0.25, 0.3) is 0 Å². The van der Waals surface area contributed by atoms with Crippen LogP contribution < -0.4 is 5.73 Å². The average Bonchev–Trinajstić information content (AvgIpc) is 2.11. The third-order valence-electron chi connectivity index (χ3n) is 2.70. The lowest BCUT2D eigenvalue weighted by atomic mass is 9.93. The minimum Gasteiger partial charge on any atom is -0.507 e. The van der Waals surface area contributed by atoms with Crippen LogP contribution in [0.5, 0.6) is 5.75 Å². The summed E-state index contributed by atoms with van der Waals surface area (Å²) in [5, 5.41) is 10.1. The number of benzene rings is 1. The molecule has 0 saturated heterocycles. The normalized spacial score (nSPS) is 13.2. The molecule has 0 fully saturated rings. The van der Waals surface area contributed by atoms with Gasteiger partial charge in [0.1, 0.15) is 5.75 Å². The van der Waals surface area contributed by atoms with Crippen molar-refractivity contribution < 1.29 is 5.11 Å². The van der Waals surface area contributed by atoms with E-state index in [0.717, 1.165) is 23.1 Å². The molecule has 0 radical (unpaired) electrons. The van der Waals surface area contributed by atoms with Crippen LogP contribution in [0.4, 0.5) is 0 Å². The third kappa shape index (κ3) is 2.72. The van der Waals surface area contributed by atoms with Crippen LogP contribution in [-0.2, 0) is 6.42 Å². The summed E-state index contributed by atoms with van der Waals surface area (Å²) in [5.41, 5.74) is 8.90. The minimum atomic E-state index is 0.0806. The summed E-state index contributed by atoms with van der Waals surface area (Å²) in [6.45, 7) is 8.14. The van der Waals surface area contributed by atoms with Crippen LogP contribution in [0, 0.1) is 6.92 Å². The second kappa shape index (κ2) is 4.67. The predicted octanol–water partition coefficient (Wildman–Crippen LogP) is 2.71. The van der Waals surface area contributed by atoms with Crippen molar-refractivity contribution in [3.63, 3.8) is 0 Å². The van der Waals surface area contributed by atoms with Gasteiger partial charge in [0.25, 0.3) is 0 Å². The molecule has 0 aliphatic rings. The van der Waals surface area contributed by atoms with Crippen LogP contribution >= 0.6 is 0 Å². The Morgan fingerprint density at radius 1 is 1.27 bits per heavy atom. The Balaban J connectivity index is 3.18. The van der Waals surface area contributed by atoms with E-state index in [1.165, 1.54) is 0 Å². The zero-order chi connectivity index (χ0) is 11.6. The number of phenols is 1. The molecular formula is C13H21NO. The summed E-state index contributed by atoms with van der Waals surface area (Å²) in [6, 6.07) is 4.14. The van der Waals surface area contributed by atoms with Gasteiger partial charge in [0.2, 0.25) is 0 Å². The molecule has 0 aliphatic carbocycles. The Labute approximate surface area is 92.1 Å². The van der Waals surface area contributed by atoms with E-state index in [1.807, 2.05) is 19.9 Å². The molecule has 1 aromatic carbocycles. The molecule has 1 unspecified atom stereocenters. The molecule has 84 valence electrons. The van der Waals surface area contributed by atoms with Gasteiger partial charge in [0.15, 0.2) is 0 Å². The molecule has 1 rings (SSSR count). The van der Waals surface area contributed by atoms with Gasteiger partial charge in [0.05, 0.1) is 0 Å². The van der Waals surface area contributed by atoms with E-state index in [9.17, 15) is 5.11 Å². The topological polar surface area (TPSA) is 46.2 Å². The van der Waals surface area contributed by atoms with Crippen LogP contribution in [-0.4, -0.2) is 11.1 Å². The fourth-order valence-electron chi connectivity index (χ4n) is 1.80. The van der Waals surface area contributed by atoms with Crippen LogP contribution in [0.2, 0.25) is 0 Å². The highest BCUT2D eigenvalue weighted by Crippen LogP contribution is 2.31. The van der Waals surface area contributed by atoms with Crippen molar-refractivity contribution in [2.24, 2.45) is 5.73 Å². The van der Waals surface area contributed by atoms with E-state index < -0.39 is 0 Å². The number of aromatic hydroxyl groups is 1. The summed E-state index contributed by atoms with van der Waals surface area (Å²) in [4.78, 5) is 0. The van der Waals surface area contributed by atoms with Gasteiger partial charge < -0.3 is 10.8 Å². The number of rotatable bonds is 3. The Kier molecular flexibility index (Phi) is 3.75. The van der Waals surface area contributed by atoms with Crippen molar-refractivity contribution in [3.8, 4) is 5.75 Å². The molecule has 0 aliphatic heterocycles. The highest BCUT2D eigenvalue weighted by atomic mass is 16.3. The van der Waals surface area contributed by atoms with Gasteiger partial charge in [-0.1, -0.05) is 26.0 Å². The summed E-state index contributed by atoms with van der Waals surface area (Å²) < 4.78 is 0. The van der Waals surface area contributed by atoms with E-state index >= 15 is 0 Å². The van der Waals surface area contributed by atoms with Crippen molar-refractivity contribution in [3.05, 3.63) is 28.8 Å². The van der Waals surface area contributed by atoms with Crippen molar-refractivity contribution >= 4 is 0 Å². The van der Waals surface area contributed by atoms with E-state index in [2.05, 4.69) is 19.9 Å². The maximum absolute atomic E-state index is 10.1. The molecule has 2 heteroatoms. The summed E-state index contributed by atoms with van der Waals surface area (Å²) in [7, 11) is 0. The number of phenolic OH excluding ortho intramolecular Hbond substituents is 1. The van der Waals surface area contributed by atoms with Gasteiger partial charge >= 0.3 is 0 Å². The summed E-state index contributed by atoms with van der Waals surface area (Å²) in [5.74, 6) is 0.778. The molecule has 3 N–H and O–H groups in total. The quantitative estimate of drug-likeness (QED) is 0.800. The molecule has 1 aromatic rings. The molecule has 15 heavy (non-hydrogen) atoms. The summed E-state index contributed by atoms with van der Waals surface area (Å²) >= 11 is 0. The van der Waals surface area contributed by atoms with Crippen molar-refractivity contribution in [2.75, 3.05) is 0 Å². The number of hydrogen-bond donors (Lipinski definition) is 2. The second-order valence-electron chi connectivity index (χ2n) is 4.63. The van der Waals surface area contributed by atoms with E-state index in [1.54, 1.807) is 0 Å². The lowest BCUT2D eigenvalue weighted by Crippen LogP contribution is -2.18. The molecule has 0 bridgehead atoms. The Morgan fingerprint density at radius 2 is 1.87 bits per heavy atom.